The Morgan fingerprint density at radius 3 is 2.23 bits per heavy atom. The van der Waals surface area contributed by atoms with Crippen molar-refractivity contribution in [1.29, 1.82) is 0 Å². The van der Waals surface area contributed by atoms with E-state index in [1.54, 1.807) is 6.92 Å². The van der Waals surface area contributed by atoms with Gasteiger partial charge in [0.25, 0.3) is 0 Å². The molecule has 0 bridgehead atoms. The van der Waals surface area contributed by atoms with E-state index in [9.17, 15) is 5.11 Å². The Kier molecular flexibility index (Phi) is 6.72. The molecule has 0 radical (unpaired) electrons. The van der Waals surface area contributed by atoms with E-state index in [4.69, 9.17) is 0 Å². The lowest BCUT2D eigenvalue weighted by Crippen LogP contribution is -2.09. The van der Waals surface area contributed by atoms with E-state index in [-0.39, 0.29) is 0 Å². The van der Waals surface area contributed by atoms with Crippen molar-refractivity contribution in [3.05, 3.63) is 0 Å². The molecule has 1 N–H and O–H groups in total. The molecule has 0 fully saturated rings. The van der Waals surface area contributed by atoms with E-state index in [2.05, 4.69) is 32.6 Å². The van der Waals surface area contributed by atoms with Crippen LogP contribution in [0.3, 0.4) is 0 Å². The number of hydrogen-bond acceptors (Lipinski definition) is 1. The summed E-state index contributed by atoms with van der Waals surface area (Å²) in [6, 6.07) is 0. The molecule has 13 heavy (non-hydrogen) atoms. The van der Waals surface area contributed by atoms with Crippen LogP contribution in [-0.4, -0.2) is 11.2 Å². The third kappa shape index (κ3) is 7.87. The first-order valence-electron chi connectivity index (χ1n) is 5.16. The SMILES string of the molecule is CC#CC(O)CC(C)CCC(C)C. The predicted molar refractivity (Wildman–Crippen MR) is 57.3 cm³/mol. The summed E-state index contributed by atoms with van der Waals surface area (Å²) < 4.78 is 0. The van der Waals surface area contributed by atoms with Gasteiger partial charge in [0.2, 0.25) is 0 Å². The summed E-state index contributed by atoms with van der Waals surface area (Å²) in [5.41, 5.74) is 0. The number of aliphatic hydroxyl groups excluding tert-OH is 1. The standard InChI is InChI=1S/C12H22O/c1-5-6-12(13)9-11(4)8-7-10(2)3/h10-13H,7-9H2,1-4H3. The van der Waals surface area contributed by atoms with Crippen LogP contribution in [0, 0.1) is 23.7 Å². The molecule has 0 rings (SSSR count). The minimum atomic E-state index is -0.424. The van der Waals surface area contributed by atoms with Crippen LogP contribution in [0.1, 0.15) is 47.0 Å². The summed E-state index contributed by atoms with van der Waals surface area (Å²) in [6.45, 7) is 8.41. The maximum absolute atomic E-state index is 9.41. The lowest BCUT2D eigenvalue weighted by atomic mass is 9.95. The zero-order valence-electron chi connectivity index (χ0n) is 9.30. The molecule has 0 aromatic carbocycles. The summed E-state index contributed by atoms with van der Waals surface area (Å²) in [6.07, 6.45) is 2.83. The Balaban J connectivity index is 3.59. The second kappa shape index (κ2) is 6.97. The normalized spacial score (nSPS) is 14.9. The van der Waals surface area contributed by atoms with Crippen molar-refractivity contribution in [3.8, 4) is 11.8 Å². The Hall–Kier alpha value is -0.480. The Morgan fingerprint density at radius 2 is 1.77 bits per heavy atom. The van der Waals surface area contributed by atoms with Crippen LogP contribution in [0.5, 0.6) is 0 Å². The van der Waals surface area contributed by atoms with E-state index >= 15 is 0 Å². The molecule has 0 aromatic rings. The highest BCUT2D eigenvalue weighted by Crippen LogP contribution is 2.16. The quantitative estimate of drug-likeness (QED) is 0.648. The van der Waals surface area contributed by atoms with E-state index in [1.807, 2.05) is 0 Å². The van der Waals surface area contributed by atoms with Crippen molar-refractivity contribution in [1.82, 2.24) is 0 Å². The molecule has 0 aliphatic carbocycles. The summed E-state index contributed by atoms with van der Waals surface area (Å²) in [7, 11) is 0. The maximum Gasteiger partial charge on any atom is 0.115 e. The van der Waals surface area contributed by atoms with Gasteiger partial charge in [-0.15, -0.1) is 5.92 Å². The average Bonchev–Trinajstić information content (AvgIpc) is 2.01. The highest BCUT2D eigenvalue weighted by Gasteiger charge is 2.08. The third-order valence-corrected chi connectivity index (χ3v) is 2.17. The van der Waals surface area contributed by atoms with Gasteiger partial charge in [-0.2, -0.15) is 0 Å². The monoisotopic (exact) mass is 182 g/mol. The molecular weight excluding hydrogens is 160 g/mol. The van der Waals surface area contributed by atoms with Gasteiger partial charge in [0.05, 0.1) is 0 Å². The molecule has 0 aliphatic rings. The van der Waals surface area contributed by atoms with Gasteiger partial charge in [-0.25, -0.2) is 0 Å². The molecule has 1 heteroatoms. The average molecular weight is 182 g/mol. The number of hydrogen-bond donors (Lipinski definition) is 1. The predicted octanol–water partition coefficient (Wildman–Crippen LogP) is 2.83. The summed E-state index contributed by atoms with van der Waals surface area (Å²) in [5.74, 6) is 6.85. The molecule has 76 valence electrons. The summed E-state index contributed by atoms with van der Waals surface area (Å²) in [5, 5.41) is 9.41. The van der Waals surface area contributed by atoms with Crippen LogP contribution < -0.4 is 0 Å². The lowest BCUT2D eigenvalue weighted by Gasteiger charge is -2.13. The van der Waals surface area contributed by atoms with Crippen LogP contribution in [0.2, 0.25) is 0 Å². The fourth-order valence-electron chi connectivity index (χ4n) is 1.34. The van der Waals surface area contributed by atoms with Gasteiger partial charge in [-0.05, 0) is 25.2 Å². The first-order valence-corrected chi connectivity index (χ1v) is 5.16. The highest BCUT2D eigenvalue weighted by molar-refractivity contribution is 5.01. The van der Waals surface area contributed by atoms with Crippen LogP contribution in [0.4, 0.5) is 0 Å². The van der Waals surface area contributed by atoms with Gasteiger partial charge in [0, 0.05) is 0 Å². The molecule has 2 unspecified atom stereocenters. The molecule has 0 spiro atoms. The fourth-order valence-corrected chi connectivity index (χ4v) is 1.34. The fraction of sp³-hybridized carbons (Fsp3) is 0.833. The lowest BCUT2D eigenvalue weighted by molar-refractivity contribution is 0.194. The summed E-state index contributed by atoms with van der Waals surface area (Å²) in [4.78, 5) is 0. The zero-order valence-corrected chi connectivity index (χ0v) is 9.30. The number of aliphatic hydroxyl groups is 1. The molecule has 0 heterocycles. The van der Waals surface area contributed by atoms with Crippen molar-refractivity contribution in [3.63, 3.8) is 0 Å². The first kappa shape index (κ1) is 12.5. The van der Waals surface area contributed by atoms with Gasteiger partial charge in [0.1, 0.15) is 6.10 Å². The van der Waals surface area contributed by atoms with E-state index < -0.39 is 6.10 Å². The minimum absolute atomic E-state index is 0.424. The molecule has 2 atom stereocenters. The van der Waals surface area contributed by atoms with Crippen molar-refractivity contribution < 1.29 is 5.11 Å². The van der Waals surface area contributed by atoms with E-state index in [1.165, 1.54) is 12.8 Å². The van der Waals surface area contributed by atoms with Crippen LogP contribution in [-0.2, 0) is 0 Å². The molecule has 1 nitrogen and oxygen atoms in total. The second-order valence-electron chi connectivity index (χ2n) is 4.22. The van der Waals surface area contributed by atoms with Gasteiger partial charge >= 0.3 is 0 Å². The van der Waals surface area contributed by atoms with Crippen LogP contribution in [0.15, 0.2) is 0 Å². The maximum atomic E-state index is 9.41. The van der Waals surface area contributed by atoms with Gasteiger partial charge < -0.3 is 5.11 Å². The Bertz CT molecular complexity index is 173. The smallest absolute Gasteiger partial charge is 0.115 e. The van der Waals surface area contributed by atoms with Gasteiger partial charge in [0.15, 0.2) is 0 Å². The zero-order chi connectivity index (χ0) is 10.3. The highest BCUT2D eigenvalue weighted by atomic mass is 16.3. The Labute approximate surface area is 82.5 Å². The van der Waals surface area contributed by atoms with Crippen LogP contribution in [0.25, 0.3) is 0 Å². The third-order valence-electron chi connectivity index (χ3n) is 2.17. The topological polar surface area (TPSA) is 20.2 Å². The van der Waals surface area contributed by atoms with E-state index in [0.29, 0.717) is 5.92 Å². The summed E-state index contributed by atoms with van der Waals surface area (Å²) >= 11 is 0. The molecular formula is C12H22O. The second-order valence-corrected chi connectivity index (χ2v) is 4.22. The van der Waals surface area contributed by atoms with Crippen molar-refractivity contribution in [2.75, 3.05) is 0 Å². The number of rotatable bonds is 5. The minimum Gasteiger partial charge on any atom is -0.380 e. The van der Waals surface area contributed by atoms with Crippen LogP contribution >= 0.6 is 0 Å². The Morgan fingerprint density at radius 1 is 1.15 bits per heavy atom. The molecule has 0 aliphatic heterocycles. The molecule has 0 saturated heterocycles. The van der Waals surface area contributed by atoms with Crippen molar-refractivity contribution in [2.45, 2.75) is 53.1 Å². The largest absolute Gasteiger partial charge is 0.380 e. The van der Waals surface area contributed by atoms with Gasteiger partial charge in [-0.1, -0.05) is 39.5 Å². The first-order chi connectivity index (χ1) is 6.06. The van der Waals surface area contributed by atoms with E-state index in [0.717, 1.165) is 12.3 Å². The molecule has 0 saturated carbocycles. The van der Waals surface area contributed by atoms with Crippen molar-refractivity contribution >= 4 is 0 Å². The van der Waals surface area contributed by atoms with Crippen molar-refractivity contribution in [2.24, 2.45) is 11.8 Å². The van der Waals surface area contributed by atoms with Gasteiger partial charge in [-0.3, -0.25) is 0 Å². The molecule has 0 amide bonds. The molecule has 0 aromatic heterocycles.